The van der Waals surface area contributed by atoms with Crippen LogP contribution < -0.4 is 0 Å². The van der Waals surface area contributed by atoms with Crippen molar-refractivity contribution in [1.82, 2.24) is 0 Å². The molecule has 102 heavy (non-hydrogen) atoms. The van der Waals surface area contributed by atoms with Crippen molar-refractivity contribution in [3.8, 4) is 0 Å². The second-order valence-electron chi connectivity index (χ2n) is 38.5. The SMILES string of the molecule is C[C@@H]1CCCC2CCC(C2)[C@H](C)CCC[C@H](C)CC[C@@H](C)CCC[C@@H](C)C2CCC(CCC[C@@H](C)CCO[C@H](OC3C(O)C(O)C(O)C3(O)CO)COCC[C@H](C)CCCC3CCC(C3)[C@H](C)CCC[C@H](C)CC[C@@H](C)CCC[C@@H](C)C3CCC(CCC[C@@H](C)CCO[C@H](CO)COCC1)C3)C2. The van der Waals surface area contributed by atoms with Crippen LogP contribution in [-0.4, -0.2) is 126 Å². The first-order valence-electron chi connectivity index (χ1n) is 45.1. The summed E-state index contributed by atoms with van der Waals surface area (Å²) in [6, 6.07) is 0. The van der Waals surface area contributed by atoms with Gasteiger partial charge in [-0.25, -0.2) is 0 Å². The molecule has 602 valence electrons. The zero-order valence-electron chi connectivity index (χ0n) is 69.0. The number of aliphatic hydroxyl groups excluding tert-OH is 5. The molecule has 5 aliphatic carbocycles. The van der Waals surface area contributed by atoms with Gasteiger partial charge in [-0.3, -0.25) is 0 Å². The normalized spacial score (nSPS) is 43.0. The van der Waals surface area contributed by atoms with Crippen molar-refractivity contribution in [1.29, 1.82) is 0 Å². The van der Waals surface area contributed by atoms with Crippen molar-refractivity contribution < 1.29 is 54.3 Å². The Morgan fingerprint density at radius 3 is 0.931 bits per heavy atom. The quantitative estimate of drug-likeness (QED) is 0.159. The number of rotatable bonds is 4. The average molecular weight is 1440 g/mol. The molecular formula is C91H172O11. The highest BCUT2D eigenvalue weighted by Gasteiger charge is 2.60. The van der Waals surface area contributed by atoms with E-state index in [-0.39, 0.29) is 19.3 Å². The first-order valence-corrected chi connectivity index (χ1v) is 45.1. The van der Waals surface area contributed by atoms with Gasteiger partial charge in [0, 0.05) is 19.8 Å². The average Bonchev–Trinajstić information content (AvgIpc) is 1.61. The molecule has 6 rings (SSSR count). The fourth-order valence-electron chi connectivity index (χ4n) is 20.7. The fourth-order valence-corrected chi connectivity index (χ4v) is 20.7. The Balaban J connectivity index is 0.900. The Morgan fingerprint density at radius 1 is 0.314 bits per heavy atom. The predicted molar refractivity (Wildman–Crippen MR) is 424 cm³/mol. The van der Waals surface area contributed by atoms with Gasteiger partial charge < -0.3 is 54.3 Å². The van der Waals surface area contributed by atoms with Crippen molar-refractivity contribution >= 4 is 0 Å². The summed E-state index contributed by atoms with van der Waals surface area (Å²) in [5, 5.41) is 63.5. The summed E-state index contributed by atoms with van der Waals surface area (Å²) in [4.78, 5) is 0. The van der Waals surface area contributed by atoms with Crippen LogP contribution in [0.2, 0.25) is 0 Å². The van der Waals surface area contributed by atoms with Gasteiger partial charge in [0.2, 0.25) is 0 Å². The highest BCUT2D eigenvalue weighted by molar-refractivity contribution is 5.10. The lowest BCUT2D eigenvalue weighted by Gasteiger charge is -2.33. The Kier molecular flexibility index (Phi) is 44.7. The van der Waals surface area contributed by atoms with Gasteiger partial charge in [0.25, 0.3) is 0 Å². The molecule has 6 aliphatic rings. The van der Waals surface area contributed by atoms with Crippen LogP contribution in [0.5, 0.6) is 0 Å². The number of fused-ring (bicyclic) bond motifs is 8. The maximum absolute atomic E-state index is 11.2. The van der Waals surface area contributed by atoms with E-state index in [1.807, 2.05) is 0 Å². The Labute approximate surface area is 630 Å². The lowest BCUT2D eigenvalue weighted by molar-refractivity contribution is -0.253. The van der Waals surface area contributed by atoms with E-state index in [9.17, 15) is 30.6 Å². The molecule has 5 saturated carbocycles. The van der Waals surface area contributed by atoms with E-state index in [0.717, 1.165) is 140 Å². The van der Waals surface area contributed by atoms with Crippen molar-refractivity contribution in [2.45, 2.75) is 408 Å². The summed E-state index contributed by atoms with van der Waals surface area (Å²) in [5.41, 5.74) is -2.23. The highest BCUT2D eigenvalue weighted by Crippen LogP contribution is 2.45. The van der Waals surface area contributed by atoms with Crippen molar-refractivity contribution in [2.75, 3.05) is 52.9 Å². The first-order chi connectivity index (χ1) is 49.0. The second-order valence-corrected chi connectivity index (χ2v) is 38.5. The van der Waals surface area contributed by atoms with E-state index in [0.29, 0.717) is 43.5 Å². The molecule has 27 atom stereocenters. The molecule has 11 heteroatoms. The summed E-state index contributed by atoms with van der Waals surface area (Å²) < 4.78 is 31.0. The smallest absolute Gasteiger partial charge is 0.181 e. The number of aliphatic hydroxyl groups is 6. The third-order valence-corrected chi connectivity index (χ3v) is 29.2. The largest absolute Gasteiger partial charge is 0.394 e. The van der Waals surface area contributed by atoms with Crippen LogP contribution in [0.3, 0.4) is 0 Å². The molecule has 0 aromatic carbocycles. The van der Waals surface area contributed by atoms with Gasteiger partial charge in [-0.2, -0.15) is 0 Å². The van der Waals surface area contributed by atoms with Crippen LogP contribution in [0.15, 0.2) is 0 Å². The van der Waals surface area contributed by atoms with E-state index >= 15 is 0 Å². The molecule has 13 unspecified atom stereocenters. The third-order valence-electron chi connectivity index (χ3n) is 29.2. The lowest BCUT2D eigenvalue weighted by atomic mass is 9.84. The monoisotopic (exact) mass is 1440 g/mol. The lowest BCUT2D eigenvalue weighted by Crippen LogP contribution is -2.54. The molecule has 8 bridgehead atoms. The van der Waals surface area contributed by atoms with Gasteiger partial charge >= 0.3 is 0 Å². The predicted octanol–water partition coefficient (Wildman–Crippen LogP) is 21.7. The summed E-state index contributed by atoms with van der Waals surface area (Å²) in [5.74, 6) is 16.2. The molecule has 0 spiro atoms. The van der Waals surface area contributed by atoms with Gasteiger partial charge in [-0.1, -0.05) is 289 Å². The minimum absolute atomic E-state index is 0.0401. The number of hydrogen-bond acceptors (Lipinski definition) is 11. The fraction of sp³-hybridized carbons (Fsp3) is 1.00. The standard InChI is InChI=1S/C91H172O11/c1-65-21-13-29-73(9)81-45-41-77(57-81)33-17-25-69(5)49-53-98-62-85(61-92)100-55-51-71(7)27-19-35-79-43-47-83(59-79)75(11)31-15-23-67(3)39-37-66(2)22-14-30-74(10)82-46-42-78(58-82)34-18-26-70(6)50-54-99-63-86(102-90-88(95)87(94)89(96)91(90,97)64-93)101-56-52-72(8)28-20-36-80-44-48-84(60-80)76(12)32-16-24-68(4)40-38-65/h65-90,92-97H,13-64H2,1-12H3/t65-,66-,67-,68-,69+,70+,71+,72+,73+,74+,75+,76+,77?,78?,79?,80?,81?,82?,83?,84?,85+,86+,87?,88?,89?,90?,91?/m0/s1. The van der Waals surface area contributed by atoms with Gasteiger partial charge in [0.1, 0.15) is 36.1 Å². The van der Waals surface area contributed by atoms with Gasteiger partial charge in [-0.15, -0.1) is 0 Å². The summed E-state index contributed by atoms with van der Waals surface area (Å²) >= 11 is 0. The number of hydrogen-bond donors (Lipinski definition) is 6. The molecule has 0 aromatic rings. The maximum Gasteiger partial charge on any atom is 0.181 e. The van der Waals surface area contributed by atoms with Gasteiger partial charge in [0.05, 0.1) is 33.0 Å². The molecule has 6 fully saturated rings. The topological polar surface area (TPSA) is 168 Å². The number of ether oxygens (including phenoxy) is 5. The summed E-state index contributed by atoms with van der Waals surface area (Å²) in [6.07, 6.45) is 51.1. The first kappa shape index (κ1) is 90.4. The Hall–Kier alpha value is -0.440. The van der Waals surface area contributed by atoms with Gasteiger partial charge in [-0.05, 0) is 195 Å². The van der Waals surface area contributed by atoms with Crippen molar-refractivity contribution in [3.63, 3.8) is 0 Å². The molecule has 1 aliphatic heterocycles. The minimum Gasteiger partial charge on any atom is -0.394 e. The van der Waals surface area contributed by atoms with E-state index in [2.05, 4.69) is 83.1 Å². The summed E-state index contributed by atoms with van der Waals surface area (Å²) in [6.45, 7) is 31.9. The van der Waals surface area contributed by atoms with Crippen LogP contribution in [0.1, 0.15) is 366 Å². The molecular weight excluding hydrogens is 1270 g/mol. The third kappa shape index (κ3) is 34.0. The van der Waals surface area contributed by atoms with E-state index in [1.165, 1.54) is 250 Å². The van der Waals surface area contributed by atoms with Crippen LogP contribution in [0.4, 0.5) is 0 Å². The second kappa shape index (κ2) is 50.5. The molecule has 1 heterocycles. The zero-order valence-corrected chi connectivity index (χ0v) is 69.0. The molecule has 1 saturated heterocycles. The molecule has 0 amide bonds. The zero-order chi connectivity index (χ0) is 73.8. The minimum atomic E-state index is -2.23. The Morgan fingerprint density at radius 2 is 0.608 bits per heavy atom. The van der Waals surface area contributed by atoms with E-state index in [1.54, 1.807) is 0 Å². The van der Waals surface area contributed by atoms with Crippen LogP contribution in [0.25, 0.3) is 0 Å². The van der Waals surface area contributed by atoms with Crippen molar-refractivity contribution in [3.05, 3.63) is 0 Å². The summed E-state index contributed by atoms with van der Waals surface area (Å²) in [7, 11) is 0. The maximum atomic E-state index is 11.2. The molecule has 6 N–H and O–H groups in total. The highest BCUT2D eigenvalue weighted by atomic mass is 16.7. The Bertz CT molecular complexity index is 2060. The molecule has 0 radical (unpaired) electrons. The van der Waals surface area contributed by atoms with Crippen LogP contribution >= 0.6 is 0 Å². The molecule has 0 aromatic heterocycles. The molecule has 11 nitrogen and oxygen atoms in total. The van der Waals surface area contributed by atoms with Crippen molar-refractivity contribution in [2.24, 2.45) is 118 Å². The van der Waals surface area contributed by atoms with E-state index < -0.39 is 42.9 Å². The van der Waals surface area contributed by atoms with Crippen LogP contribution in [0, 0.1) is 118 Å². The van der Waals surface area contributed by atoms with Gasteiger partial charge in [0.15, 0.2) is 6.29 Å². The van der Waals surface area contributed by atoms with E-state index in [4.69, 9.17) is 23.7 Å². The van der Waals surface area contributed by atoms with Crippen LogP contribution in [-0.2, 0) is 23.7 Å².